The van der Waals surface area contributed by atoms with E-state index in [9.17, 15) is 9.50 Å². The van der Waals surface area contributed by atoms with E-state index in [1.54, 1.807) is 12.1 Å². The van der Waals surface area contributed by atoms with Crippen molar-refractivity contribution >= 4 is 0 Å². The van der Waals surface area contributed by atoms with Gasteiger partial charge in [-0.1, -0.05) is 18.2 Å². The van der Waals surface area contributed by atoms with Crippen LogP contribution in [0.2, 0.25) is 0 Å². The number of ether oxygens (including phenoxy) is 2. The van der Waals surface area contributed by atoms with E-state index in [1.165, 1.54) is 6.07 Å². The third-order valence-electron chi connectivity index (χ3n) is 3.93. The van der Waals surface area contributed by atoms with Crippen LogP contribution in [0.25, 0.3) is 0 Å². The Bertz CT molecular complexity index is 463. The van der Waals surface area contributed by atoms with Gasteiger partial charge in [0, 0.05) is 31.8 Å². The molecule has 1 heterocycles. The maximum absolute atomic E-state index is 13.9. The molecule has 0 unspecified atom stereocenters. The molecule has 2 atom stereocenters. The molecule has 5 heteroatoms. The molecule has 1 N–H and O–H groups in total. The standard InChI is InChI=1S/C18H28FNO3/c1-14(2)23-13-16(21)11-20(12-17-7-5-9-22-17)10-15-6-3-4-8-18(15)19/h3-4,6,8,14,16-17,21H,5,7,9-13H2,1-2H3/t16-,17+/m1/s1. The lowest BCUT2D eigenvalue weighted by Crippen LogP contribution is -2.39. The van der Waals surface area contributed by atoms with Crippen LogP contribution >= 0.6 is 0 Å². The molecular weight excluding hydrogens is 297 g/mol. The van der Waals surface area contributed by atoms with Crippen LogP contribution in [0, 0.1) is 5.82 Å². The summed E-state index contributed by atoms with van der Waals surface area (Å²) in [6.07, 6.45) is 1.75. The third kappa shape index (κ3) is 6.55. The molecule has 4 nitrogen and oxygen atoms in total. The molecule has 0 aromatic heterocycles. The summed E-state index contributed by atoms with van der Waals surface area (Å²) in [5.41, 5.74) is 0.641. The van der Waals surface area contributed by atoms with Crippen molar-refractivity contribution < 1.29 is 19.0 Å². The molecule has 1 aromatic rings. The van der Waals surface area contributed by atoms with E-state index in [1.807, 2.05) is 19.9 Å². The summed E-state index contributed by atoms with van der Waals surface area (Å²) in [5.74, 6) is -0.210. The molecule has 0 saturated carbocycles. The fourth-order valence-electron chi connectivity index (χ4n) is 2.80. The van der Waals surface area contributed by atoms with E-state index in [0.717, 1.165) is 19.4 Å². The molecule has 1 aliphatic heterocycles. The zero-order valence-corrected chi connectivity index (χ0v) is 14.1. The van der Waals surface area contributed by atoms with Gasteiger partial charge in [-0.25, -0.2) is 4.39 Å². The van der Waals surface area contributed by atoms with Gasteiger partial charge < -0.3 is 14.6 Å². The minimum absolute atomic E-state index is 0.0860. The number of halogens is 1. The van der Waals surface area contributed by atoms with Crippen LogP contribution in [0.1, 0.15) is 32.3 Å². The zero-order chi connectivity index (χ0) is 16.7. The summed E-state index contributed by atoms with van der Waals surface area (Å²) >= 11 is 0. The molecule has 23 heavy (non-hydrogen) atoms. The Morgan fingerprint density at radius 3 is 2.83 bits per heavy atom. The summed E-state index contributed by atoms with van der Waals surface area (Å²) < 4.78 is 25.1. The number of nitrogens with zero attached hydrogens (tertiary/aromatic N) is 1. The Hall–Kier alpha value is -1.01. The number of hydrogen-bond donors (Lipinski definition) is 1. The molecule has 130 valence electrons. The van der Waals surface area contributed by atoms with Crippen LogP contribution in [-0.2, 0) is 16.0 Å². The van der Waals surface area contributed by atoms with Crippen LogP contribution in [0.15, 0.2) is 24.3 Å². The third-order valence-corrected chi connectivity index (χ3v) is 3.93. The van der Waals surface area contributed by atoms with Gasteiger partial charge in [-0.15, -0.1) is 0 Å². The Kier molecular flexibility index (Phi) is 7.43. The van der Waals surface area contributed by atoms with Crippen molar-refractivity contribution in [2.75, 3.05) is 26.3 Å². The summed E-state index contributed by atoms with van der Waals surface area (Å²) in [6.45, 7) is 6.57. The summed E-state index contributed by atoms with van der Waals surface area (Å²) in [7, 11) is 0. The minimum Gasteiger partial charge on any atom is -0.389 e. The monoisotopic (exact) mass is 325 g/mol. The van der Waals surface area contributed by atoms with Crippen LogP contribution in [-0.4, -0.2) is 54.6 Å². The van der Waals surface area contributed by atoms with Gasteiger partial charge in [-0.05, 0) is 32.8 Å². The average molecular weight is 325 g/mol. The van der Waals surface area contributed by atoms with E-state index in [-0.39, 0.29) is 24.6 Å². The topological polar surface area (TPSA) is 41.9 Å². The molecule has 0 bridgehead atoms. The first-order valence-electron chi connectivity index (χ1n) is 8.41. The number of hydrogen-bond acceptors (Lipinski definition) is 4. The van der Waals surface area contributed by atoms with E-state index in [4.69, 9.17) is 9.47 Å². The van der Waals surface area contributed by atoms with Gasteiger partial charge in [0.15, 0.2) is 0 Å². The van der Waals surface area contributed by atoms with Crippen LogP contribution in [0.5, 0.6) is 0 Å². The van der Waals surface area contributed by atoms with Crippen molar-refractivity contribution in [2.24, 2.45) is 0 Å². The van der Waals surface area contributed by atoms with Gasteiger partial charge in [0.25, 0.3) is 0 Å². The summed E-state index contributed by atoms with van der Waals surface area (Å²) in [4.78, 5) is 2.06. The van der Waals surface area contributed by atoms with E-state index >= 15 is 0 Å². The van der Waals surface area contributed by atoms with Gasteiger partial charge >= 0.3 is 0 Å². The first-order chi connectivity index (χ1) is 11.0. The second-order valence-corrected chi connectivity index (χ2v) is 6.46. The van der Waals surface area contributed by atoms with E-state index in [0.29, 0.717) is 25.2 Å². The second kappa shape index (κ2) is 9.33. The average Bonchev–Trinajstić information content (AvgIpc) is 3.00. The van der Waals surface area contributed by atoms with Crippen molar-refractivity contribution in [1.82, 2.24) is 4.90 Å². The maximum atomic E-state index is 13.9. The van der Waals surface area contributed by atoms with E-state index in [2.05, 4.69) is 4.90 Å². The minimum atomic E-state index is -0.592. The van der Waals surface area contributed by atoms with Crippen LogP contribution < -0.4 is 0 Å². The fourth-order valence-corrected chi connectivity index (χ4v) is 2.80. The summed E-state index contributed by atoms with van der Waals surface area (Å²) in [5, 5.41) is 10.2. The van der Waals surface area contributed by atoms with Gasteiger partial charge in [-0.3, -0.25) is 4.90 Å². The van der Waals surface area contributed by atoms with E-state index < -0.39 is 6.10 Å². The fraction of sp³-hybridized carbons (Fsp3) is 0.667. The SMILES string of the molecule is CC(C)OC[C@H](O)CN(Cc1ccccc1F)C[C@@H]1CCCO1. The predicted molar refractivity (Wildman–Crippen MR) is 87.7 cm³/mol. The highest BCUT2D eigenvalue weighted by atomic mass is 19.1. The Morgan fingerprint density at radius 2 is 2.17 bits per heavy atom. The molecule has 1 aliphatic rings. The van der Waals surface area contributed by atoms with Gasteiger partial charge in [0.2, 0.25) is 0 Å². The highest BCUT2D eigenvalue weighted by Crippen LogP contribution is 2.16. The number of aliphatic hydroxyl groups excluding tert-OH is 1. The lowest BCUT2D eigenvalue weighted by Gasteiger charge is -2.28. The van der Waals surface area contributed by atoms with Crippen molar-refractivity contribution in [3.8, 4) is 0 Å². The summed E-state index contributed by atoms with van der Waals surface area (Å²) in [6, 6.07) is 6.78. The molecular formula is C18H28FNO3. The molecule has 0 radical (unpaired) electrons. The van der Waals surface area contributed by atoms with Gasteiger partial charge in [0.05, 0.1) is 24.9 Å². The highest BCUT2D eigenvalue weighted by Gasteiger charge is 2.22. The number of rotatable bonds is 9. The molecule has 0 amide bonds. The van der Waals surface area contributed by atoms with Gasteiger partial charge in [-0.2, -0.15) is 0 Å². The number of aliphatic hydroxyl groups is 1. The Labute approximate surface area is 138 Å². The largest absolute Gasteiger partial charge is 0.389 e. The first kappa shape index (κ1) is 18.3. The molecule has 1 saturated heterocycles. The lowest BCUT2D eigenvalue weighted by molar-refractivity contribution is -0.0173. The predicted octanol–water partition coefficient (Wildman–Crippen LogP) is 2.59. The second-order valence-electron chi connectivity index (χ2n) is 6.46. The van der Waals surface area contributed by atoms with Crippen LogP contribution in [0.3, 0.4) is 0 Å². The van der Waals surface area contributed by atoms with Gasteiger partial charge in [0.1, 0.15) is 5.82 Å². The number of benzene rings is 1. The molecule has 2 rings (SSSR count). The Balaban J connectivity index is 1.94. The molecule has 1 fully saturated rings. The zero-order valence-electron chi connectivity index (χ0n) is 14.1. The smallest absolute Gasteiger partial charge is 0.127 e. The van der Waals surface area contributed by atoms with Crippen molar-refractivity contribution in [1.29, 1.82) is 0 Å². The molecule has 0 aliphatic carbocycles. The normalized spacial score (nSPS) is 19.7. The molecule has 0 spiro atoms. The highest BCUT2D eigenvalue weighted by molar-refractivity contribution is 5.17. The molecule has 1 aromatic carbocycles. The maximum Gasteiger partial charge on any atom is 0.127 e. The lowest BCUT2D eigenvalue weighted by atomic mass is 10.1. The van der Waals surface area contributed by atoms with Crippen molar-refractivity contribution in [3.05, 3.63) is 35.6 Å². The Morgan fingerprint density at radius 1 is 1.39 bits per heavy atom. The van der Waals surface area contributed by atoms with Crippen molar-refractivity contribution in [3.63, 3.8) is 0 Å². The first-order valence-corrected chi connectivity index (χ1v) is 8.41. The van der Waals surface area contributed by atoms with Crippen molar-refractivity contribution in [2.45, 2.75) is 51.5 Å². The quantitative estimate of drug-likeness (QED) is 0.758. The van der Waals surface area contributed by atoms with Crippen LogP contribution in [0.4, 0.5) is 4.39 Å².